The van der Waals surface area contributed by atoms with Crippen LogP contribution in [0.15, 0.2) is 53.8 Å². The largest absolute Gasteiger partial charge is 0.308 e. The summed E-state index contributed by atoms with van der Waals surface area (Å²) in [5.74, 6) is 0.778. The van der Waals surface area contributed by atoms with Gasteiger partial charge in [0.25, 0.3) is 0 Å². The van der Waals surface area contributed by atoms with E-state index in [1.165, 1.54) is 25.9 Å². The average Bonchev–Trinajstić information content (AvgIpc) is 3.32. The minimum absolute atomic E-state index is 0.778. The third-order valence-corrected chi connectivity index (χ3v) is 4.85. The number of para-hydroxylation sites is 2. The van der Waals surface area contributed by atoms with E-state index in [0.29, 0.717) is 0 Å². The molecule has 0 bridgehead atoms. The lowest BCUT2D eigenvalue weighted by Crippen LogP contribution is -2.24. The smallest absolute Gasteiger partial charge is 0.224 e. The van der Waals surface area contributed by atoms with Crippen LogP contribution in [0.25, 0.3) is 11.0 Å². The molecule has 0 unspecified atom stereocenters. The molecule has 0 aliphatic carbocycles. The van der Waals surface area contributed by atoms with Crippen molar-refractivity contribution in [1.82, 2.24) is 19.4 Å². The molecule has 1 fully saturated rings. The van der Waals surface area contributed by atoms with Gasteiger partial charge in [-0.25, -0.2) is 10.4 Å². The van der Waals surface area contributed by atoms with Crippen molar-refractivity contribution in [3.8, 4) is 0 Å². The summed E-state index contributed by atoms with van der Waals surface area (Å²) in [6, 6.07) is 14.1. The van der Waals surface area contributed by atoms with Crippen molar-refractivity contribution in [1.29, 1.82) is 0 Å². The summed E-state index contributed by atoms with van der Waals surface area (Å²) in [7, 11) is 0. The summed E-state index contributed by atoms with van der Waals surface area (Å²) in [6.45, 7) is 6.30. The van der Waals surface area contributed by atoms with E-state index in [2.05, 4.69) is 37.1 Å². The van der Waals surface area contributed by atoms with Crippen molar-refractivity contribution in [2.24, 2.45) is 5.10 Å². The van der Waals surface area contributed by atoms with Crippen molar-refractivity contribution in [2.45, 2.75) is 26.3 Å². The molecule has 1 saturated heterocycles. The van der Waals surface area contributed by atoms with E-state index >= 15 is 0 Å². The van der Waals surface area contributed by atoms with Crippen LogP contribution in [0.5, 0.6) is 0 Å². The molecule has 2 aromatic heterocycles. The molecule has 1 aliphatic heterocycles. The number of likely N-dealkylation sites (tertiary alicyclic amines) is 1. The topological polar surface area (TPSA) is 58.3 Å². The normalized spacial score (nSPS) is 15.7. The monoisotopic (exact) mass is 348 g/mol. The van der Waals surface area contributed by atoms with Crippen LogP contribution in [0.1, 0.15) is 25.5 Å². The number of nitrogens with one attached hydrogen (secondary N) is 1. The van der Waals surface area contributed by atoms with E-state index in [1.807, 2.05) is 37.3 Å². The minimum Gasteiger partial charge on any atom is -0.308 e. The van der Waals surface area contributed by atoms with Gasteiger partial charge in [0.2, 0.25) is 5.95 Å². The van der Waals surface area contributed by atoms with E-state index in [9.17, 15) is 0 Å². The van der Waals surface area contributed by atoms with Crippen LogP contribution in [-0.4, -0.2) is 44.8 Å². The van der Waals surface area contributed by atoms with Gasteiger partial charge in [-0.1, -0.05) is 18.2 Å². The van der Waals surface area contributed by atoms with Crippen LogP contribution >= 0.6 is 0 Å². The Morgan fingerprint density at radius 2 is 1.88 bits per heavy atom. The molecule has 0 amide bonds. The maximum absolute atomic E-state index is 4.73. The van der Waals surface area contributed by atoms with E-state index in [-0.39, 0.29) is 0 Å². The summed E-state index contributed by atoms with van der Waals surface area (Å²) in [4.78, 5) is 11.6. The molecular weight excluding hydrogens is 324 g/mol. The number of imidazole rings is 1. The maximum atomic E-state index is 4.73. The summed E-state index contributed by atoms with van der Waals surface area (Å²) < 4.78 is 2.23. The van der Waals surface area contributed by atoms with Gasteiger partial charge in [-0.15, -0.1) is 0 Å². The van der Waals surface area contributed by atoms with Gasteiger partial charge in [-0.2, -0.15) is 5.10 Å². The van der Waals surface area contributed by atoms with Gasteiger partial charge in [-0.05, 0) is 57.1 Å². The number of benzene rings is 1. The number of aromatic nitrogens is 3. The highest BCUT2D eigenvalue weighted by molar-refractivity contribution is 5.97. The van der Waals surface area contributed by atoms with Crippen molar-refractivity contribution in [3.63, 3.8) is 0 Å². The zero-order valence-corrected chi connectivity index (χ0v) is 15.1. The molecule has 0 atom stereocenters. The Labute approximate surface area is 153 Å². The second-order valence-electron chi connectivity index (χ2n) is 6.65. The molecule has 0 spiro atoms. The van der Waals surface area contributed by atoms with Gasteiger partial charge in [-0.3, -0.25) is 4.98 Å². The first-order valence-corrected chi connectivity index (χ1v) is 9.20. The third-order valence-electron chi connectivity index (χ3n) is 4.85. The molecule has 4 rings (SSSR count). The number of rotatable bonds is 6. The van der Waals surface area contributed by atoms with Crippen LogP contribution in [0, 0.1) is 0 Å². The number of pyridine rings is 1. The van der Waals surface area contributed by atoms with Gasteiger partial charge in [0.1, 0.15) is 0 Å². The van der Waals surface area contributed by atoms with E-state index < -0.39 is 0 Å². The number of fused-ring (bicyclic) bond motifs is 1. The van der Waals surface area contributed by atoms with Gasteiger partial charge >= 0.3 is 0 Å². The summed E-state index contributed by atoms with van der Waals surface area (Å²) >= 11 is 0. The Morgan fingerprint density at radius 3 is 2.69 bits per heavy atom. The molecule has 1 aromatic carbocycles. The number of hydrogen-bond donors (Lipinski definition) is 1. The fraction of sp³-hybridized carbons (Fsp3) is 0.350. The lowest BCUT2D eigenvalue weighted by molar-refractivity contribution is 0.325. The SMILES string of the molecule is C/C(=N\Nc1nc2ccccc2n1CCN1CCCC1)c1ccccn1. The molecule has 26 heavy (non-hydrogen) atoms. The van der Waals surface area contributed by atoms with E-state index in [4.69, 9.17) is 4.98 Å². The molecule has 3 aromatic rings. The molecule has 1 N–H and O–H groups in total. The van der Waals surface area contributed by atoms with E-state index in [0.717, 1.165) is 41.5 Å². The molecule has 1 aliphatic rings. The Balaban J connectivity index is 1.58. The standard InChI is InChI=1S/C20H24N6/c1-16(17-8-4-5-11-21-17)23-24-20-22-18-9-2-3-10-19(18)26(20)15-14-25-12-6-7-13-25/h2-5,8-11H,6-7,12-15H2,1H3,(H,22,24)/b23-16+. The second kappa shape index (κ2) is 7.66. The first-order valence-electron chi connectivity index (χ1n) is 9.20. The molecule has 3 heterocycles. The predicted octanol–water partition coefficient (Wildman–Crippen LogP) is 3.36. The fourth-order valence-corrected chi connectivity index (χ4v) is 3.40. The lowest BCUT2D eigenvalue weighted by Gasteiger charge is -2.16. The summed E-state index contributed by atoms with van der Waals surface area (Å²) in [5.41, 5.74) is 6.98. The highest BCUT2D eigenvalue weighted by atomic mass is 15.4. The average molecular weight is 348 g/mol. The quantitative estimate of drug-likeness (QED) is 0.548. The Morgan fingerprint density at radius 1 is 1.08 bits per heavy atom. The molecular formula is C20H24N6. The third kappa shape index (κ3) is 3.60. The van der Waals surface area contributed by atoms with Crippen molar-refractivity contribution in [3.05, 3.63) is 54.4 Å². The highest BCUT2D eigenvalue weighted by Gasteiger charge is 2.14. The van der Waals surface area contributed by atoms with Gasteiger partial charge in [0.05, 0.1) is 22.4 Å². The van der Waals surface area contributed by atoms with Crippen LogP contribution in [0.2, 0.25) is 0 Å². The Bertz CT molecular complexity index is 893. The lowest BCUT2D eigenvalue weighted by atomic mass is 10.3. The highest BCUT2D eigenvalue weighted by Crippen LogP contribution is 2.20. The number of nitrogens with zero attached hydrogens (tertiary/aromatic N) is 5. The van der Waals surface area contributed by atoms with Crippen LogP contribution in [0.3, 0.4) is 0 Å². The minimum atomic E-state index is 0.778. The fourth-order valence-electron chi connectivity index (χ4n) is 3.40. The Kier molecular flexibility index (Phi) is 4.93. The number of hydrazone groups is 1. The molecule has 6 nitrogen and oxygen atoms in total. The maximum Gasteiger partial charge on any atom is 0.224 e. The molecule has 6 heteroatoms. The molecule has 0 radical (unpaired) electrons. The van der Waals surface area contributed by atoms with Crippen LogP contribution in [-0.2, 0) is 6.54 Å². The van der Waals surface area contributed by atoms with Crippen molar-refractivity contribution < 1.29 is 0 Å². The zero-order chi connectivity index (χ0) is 17.8. The number of anilines is 1. The van der Waals surface area contributed by atoms with Crippen molar-refractivity contribution in [2.75, 3.05) is 25.1 Å². The zero-order valence-electron chi connectivity index (χ0n) is 15.1. The van der Waals surface area contributed by atoms with Crippen molar-refractivity contribution >= 4 is 22.7 Å². The van der Waals surface area contributed by atoms with Crippen LogP contribution < -0.4 is 5.43 Å². The van der Waals surface area contributed by atoms with Crippen LogP contribution in [0.4, 0.5) is 5.95 Å². The second-order valence-corrected chi connectivity index (χ2v) is 6.65. The first kappa shape index (κ1) is 16.7. The van der Waals surface area contributed by atoms with E-state index in [1.54, 1.807) is 6.20 Å². The number of hydrogen-bond acceptors (Lipinski definition) is 5. The first-order chi connectivity index (χ1) is 12.8. The predicted molar refractivity (Wildman–Crippen MR) is 105 cm³/mol. The summed E-state index contributed by atoms with van der Waals surface area (Å²) in [6.07, 6.45) is 4.40. The molecule has 0 saturated carbocycles. The van der Waals surface area contributed by atoms with Gasteiger partial charge in [0.15, 0.2) is 0 Å². The van der Waals surface area contributed by atoms with Gasteiger partial charge < -0.3 is 9.47 Å². The Hall–Kier alpha value is -2.73. The summed E-state index contributed by atoms with van der Waals surface area (Å²) in [5, 5.41) is 4.51. The molecule has 134 valence electrons. The van der Waals surface area contributed by atoms with Gasteiger partial charge in [0, 0.05) is 19.3 Å².